The van der Waals surface area contributed by atoms with Crippen LogP contribution in [0.3, 0.4) is 0 Å². The summed E-state index contributed by atoms with van der Waals surface area (Å²) in [5.74, 6) is 0. The Morgan fingerprint density at radius 1 is 1.78 bits per heavy atom. The van der Waals surface area contributed by atoms with Crippen LogP contribution in [0.1, 0.15) is 26.7 Å². The van der Waals surface area contributed by atoms with Crippen LogP contribution in [0.4, 0.5) is 0 Å². The maximum atomic E-state index is 5.42. The van der Waals surface area contributed by atoms with Gasteiger partial charge in [-0.2, -0.15) is 0 Å². The Hall–Kier alpha value is -0.300. The lowest BCUT2D eigenvalue weighted by Crippen LogP contribution is -2.14. The molecule has 0 aromatic carbocycles. The van der Waals surface area contributed by atoms with E-state index in [1.165, 1.54) is 5.57 Å². The second kappa shape index (κ2) is 3.02. The van der Waals surface area contributed by atoms with Crippen LogP contribution in [-0.4, -0.2) is 12.7 Å². The average Bonchev–Trinajstić information content (AvgIpc) is 1.88. The molecule has 0 aromatic heterocycles. The third kappa shape index (κ3) is 1.83. The zero-order chi connectivity index (χ0) is 6.69. The van der Waals surface area contributed by atoms with E-state index >= 15 is 0 Å². The minimum absolute atomic E-state index is 0.402. The molecule has 0 aromatic rings. The van der Waals surface area contributed by atoms with Crippen molar-refractivity contribution in [2.45, 2.75) is 32.8 Å². The highest BCUT2D eigenvalue weighted by Gasteiger charge is 2.07. The summed E-state index contributed by atoms with van der Waals surface area (Å²) < 4.78 is 5.42. The van der Waals surface area contributed by atoms with Crippen LogP contribution in [0.2, 0.25) is 0 Å². The Labute approximate surface area is 56.7 Å². The molecule has 1 unspecified atom stereocenters. The molecule has 0 aliphatic carbocycles. The van der Waals surface area contributed by atoms with Crippen LogP contribution in [0.25, 0.3) is 0 Å². The molecule has 1 rings (SSSR count). The Morgan fingerprint density at radius 3 is 3.00 bits per heavy atom. The van der Waals surface area contributed by atoms with Crippen LogP contribution in [0, 0.1) is 0 Å². The Kier molecular flexibility index (Phi) is 2.29. The van der Waals surface area contributed by atoms with Gasteiger partial charge in [0.1, 0.15) is 0 Å². The zero-order valence-electron chi connectivity index (χ0n) is 6.18. The summed E-state index contributed by atoms with van der Waals surface area (Å²) in [7, 11) is 0. The molecule has 1 atom stereocenters. The van der Waals surface area contributed by atoms with E-state index in [9.17, 15) is 0 Å². The van der Waals surface area contributed by atoms with Crippen molar-refractivity contribution in [3.63, 3.8) is 0 Å². The average molecular weight is 126 g/mol. The Balaban J connectivity index is 2.47. The minimum Gasteiger partial charge on any atom is -0.374 e. The van der Waals surface area contributed by atoms with Gasteiger partial charge in [0.15, 0.2) is 0 Å². The normalized spacial score (nSPS) is 27.8. The van der Waals surface area contributed by atoms with E-state index in [0.29, 0.717) is 6.10 Å². The number of rotatable bonds is 1. The Bertz CT molecular complexity index is 116. The standard InChI is InChI=1S/C8H14O/c1-3-8-6-7(2)4-5-9-8/h6,8H,3-5H2,1-2H3. The maximum Gasteiger partial charge on any atom is 0.0755 e. The fourth-order valence-electron chi connectivity index (χ4n) is 1.06. The van der Waals surface area contributed by atoms with Crippen molar-refractivity contribution >= 4 is 0 Å². The molecule has 9 heavy (non-hydrogen) atoms. The predicted molar refractivity (Wildman–Crippen MR) is 38.4 cm³/mol. The van der Waals surface area contributed by atoms with Crippen LogP contribution < -0.4 is 0 Å². The molecule has 1 nitrogen and oxygen atoms in total. The number of hydrogen-bond acceptors (Lipinski definition) is 1. The topological polar surface area (TPSA) is 9.23 Å². The van der Waals surface area contributed by atoms with Gasteiger partial charge in [0.25, 0.3) is 0 Å². The molecule has 1 heteroatoms. The molecule has 0 amide bonds. The summed E-state index contributed by atoms with van der Waals surface area (Å²) in [6.07, 6.45) is 4.86. The summed E-state index contributed by atoms with van der Waals surface area (Å²) in [6.45, 7) is 5.24. The summed E-state index contributed by atoms with van der Waals surface area (Å²) in [6, 6.07) is 0. The van der Waals surface area contributed by atoms with Gasteiger partial charge in [-0.15, -0.1) is 0 Å². The maximum absolute atomic E-state index is 5.42. The third-order valence-corrected chi connectivity index (χ3v) is 1.70. The summed E-state index contributed by atoms with van der Waals surface area (Å²) >= 11 is 0. The smallest absolute Gasteiger partial charge is 0.0755 e. The van der Waals surface area contributed by atoms with E-state index in [2.05, 4.69) is 19.9 Å². The van der Waals surface area contributed by atoms with Crippen LogP contribution in [0.15, 0.2) is 11.6 Å². The van der Waals surface area contributed by atoms with Gasteiger partial charge >= 0.3 is 0 Å². The van der Waals surface area contributed by atoms with Crippen molar-refractivity contribution in [1.29, 1.82) is 0 Å². The molecule has 1 aliphatic heterocycles. The van der Waals surface area contributed by atoms with Gasteiger partial charge < -0.3 is 4.74 Å². The number of ether oxygens (including phenoxy) is 1. The van der Waals surface area contributed by atoms with Gasteiger partial charge in [-0.25, -0.2) is 0 Å². The number of hydrogen-bond donors (Lipinski definition) is 0. The molecule has 52 valence electrons. The highest BCUT2D eigenvalue weighted by molar-refractivity contribution is 5.04. The van der Waals surface area contributed by atoms with E-state index in [4.69, 9.17) is 4.74 Å². The van der Waals surface area contributed by atoms with Crippen molar-refractivity contribution < 1.29 is 4.74 Å². The molecule has 0 saturated carbocycles. The van der Waals surface area contributed by atoms with Crippen molar-refractivity contribution in [2.24, 2.45) is 0 Å². The van der Waals surface area contributed by atoms with E-state index in [1.54, 1.807) is 0 Å². The van der Waals surface area contributed by atoms with E-state index in [-0.39, 0.29) is 0 Å². The first-order valence-electron chi connectivity index (χ1n) is 3.62. The molecule has 0 spiro atoms. The van der Waals surface area contributed by atoms with Crippen molar-refractivity contribution in [3.05, 3.63) is 11.6 Å². The van der Waals surface area contributed by atoms with Gasteiger partial charge in [0.05, 0.1) is 12.7 Å². The first-order chi connectivity index (χ1) is 4.33. The lowest BCUT2D eigenvalue weighted by Gasteiger charge is -2.18. The highest BCUT2D eigenvalue weighted by atomic mass is 16.5. The molecule has 0 N–H and O–H groups in total. The van der Waals surface area contributed by atoms with E-state index < -0.39 is 0 Å². The van der Waals surface area contributed by atoms with Crippen LogP contribution >= 0.6 is 0 Å². The Morgan fingerprint density at radius 2 is 2.56 bits per heavy atom. The first kappa shape index (κ1) is 6.81. The zero-order valence-corrected chi connectivity index (χ0v) is 6.18. The van der Waals surface area contributed by atoms with Gasteiger partial charge in [-0.05, 0) is 19.8 Å². The summed E-state index contributed by atoms with van der Waals surface area (Å²) in [5, 5.41) is 0. The SMILES string of the molecule is CCC1C=C(C)CCO1. The molecular formula is C8H14O. The molecule has 0 saturated heterocycles. The quantitative estimate of drug-likeness (QED) is 0.489. The monoisotopic (exact) mass is 126 g/mol. The lowest BCUT2D eigenvalue weighted by atomic mass is 10.1. The van der Waals surface area contributed by atoms with E-state index in [1.807, 2.05) is 0 Å². The summed E-state index contributed by atoms with van der Waals surface area (Å²) in [4.78, 5) is 0. The molecule has 0 bridgehead atoms. The van der Waals surface area contributed by atoms with Crippen LogP contribution in [0.5, 0.6) is 0 Å². The van der Waals surface area contributed by atoms with Gasteiger partial charge in [-0.1, -0.05) is 18.6 Å². The first-order valence-corrected chi connectivity index (χ1v) is 3.62. The molecule has 0 radical (unpaired) electrons. The molecule has 1 aliphatic rings. The van der Waals surface area contributed by atoms with Gasteiger partial charge in [-0.3, -0.25) is 0 Å². The second-order valence-corrected chi connectivity index (χ2v) is 2.58. The predicted octanol–water partition coefficient (Wildman–Crippen LogP) is 2.13. The summed E-state index contributed by atoms with van der Waals surface area (Å²) in [5.41, 5.74) is 1.48. The molecule has 1 heterocycles. The largest absolute Gasteiger partial charge is 0.374 e. The fourth-order valence-corrected chi connectivity index (χ4v) is 1.06. The molecule has 0 fully saturated rings. The highest BCUT2D eigenvalue weighted by Crippen LogP contribution is 2.13. The third-order valence-electron chi connectivity index (χ3n) is 1.70. The lowest BCUT2D eigenvalue weighted by molar-refractivity contribution is 0.0746. The van der Waals surface area contributed by atoms with Gasteiger partial charge in [0.2, 0.25) is 0 Å². The van der Waals surface area contributed by atoms with E-state index in [0.717, 1.165) is 19.4 Å². The minimum atomic E-state index is 0.402. The van der Waals surface area contributed by atoms with Crippen molar-refractivity contribution in [1.82, 2.24) is 0 Å². The van der Waals surface area contributed by atoms with Crippen LogP contribution in [-0.2, 0) is 4.74 Å². The second-order valence-electron chi connectivity index (χ2n) is 2.58. The van der Waals surface area contributed by atoms with Gasteiger partial charge in [0, 0.05) is 0 Å². The molecular weight excluding hydrogens is 112 g/mol. The van der Waals surface area contributed by atoms with Crippen molar-refractivity contribution in [3.8, 4) is 0 Å². The van der Waals surface area contributed by atoms with Crippen molar-refractivity contribution in [2.75, 3.05) is 6.61 Å². The fraction of sp³-hybridized carbons (Fsp3) is 0.750.